The number of rotatable bonds is 5. The number of benzene rings is 2. The van der Waals surface area contributed by atoms with Crippen LogP contribution in [0, 0.1) is 32.1 Å². The molecule has 1 amide bonds. The van der Waals surface area contributed by atoms with E-state index in [-0.39, 0.29) is 18.1 Å². The van der Waals surface area contributed by atoms with E-state index in [2.05, 4.69) is 5.32 Å². The van der Waals surface area contributed by atoms with Crippen LogP contribution in [0.4, 0.5) is 5.88 Å². The van der Waals surface area contributed by atoms with Crippen molar-refractivity contribution in [2.75, 3.05) is 11.9 Å². The normalized spacial score (nSPS) is 10.3. The first-order chi connectivity index (χ1) is 13.0. The molecule has 0 fully saturated rings. The van der Waals surface area contributed by atoms with Crippen LogP contribution in [0.3, 0.4) is 0 Å². The highest BCUT2D eigenvalue weighted by atomic mass is 16.5. The van der Waals surface area contributed by atoms with E-state index in [0.717, 1.165) is 22.3 Å². The summed E-state index contributed by atoms with van der Waals surface area (Å²) in [6.45, 7) is 5.82. The number of nitriles is 1. The van der Waals surface area contributed by atoms with Gasteiger partial charge in [-0.25, -0.2) is 0 Å². The average molecular weight is 360 g/mol. The summed E-state index contributed by atoms with van der Waals surface area (Å²) in [7, 11) is 0. The van der Waals surface area contributed by atoms with Gasteiger partial charge >= 0.3 is 0 Å². The molecule has 1 N–H and O–H groups in total. The van der Waals surface area contributed by atoms with Gasteiger partial charge in [-0.2, -0.15) is 5.26 Å². The number of amides is 1. The lowest BCUT2D eigenvalue weighted by molar-refractivity contribution is -0.118. The van der Waals surface area contributed by atoms with Gasteiger partial charge in [-0.1, -0.05) is 35.9 Å². The van der Waals surface area contributed by atoms with Crippen molar-refractivity contribution in [3.05, 3.63) is 70.8 Å². The second kappa shape index (κ2) is 7.79. The molecule has 0 saturated heterocycles. The van der Waals surface area contributed by atoms with Crippen LogP contribution in [-0.4, -0.2) is 12.5 Å². The minimum atomic E-state index is -0.394. The minimum absolute atomic E-state index is 0.127. The first-order valence-electron chi connectivity index (χ1n) is 8.57. The fraction of sp³-hybridized carbons (Fsp3) is 0.182. The summed E-state index contributed by atoms with van der Waals surface area (Å²) in [4.78, 5) is 12.2. The number of aryl methyl sites for hydroxylation is 3. The van der Waals surface area contributed by atoms with Gasteiger partial charge in [0.2, 0.25) is 5.88 Å². The van der Waals surface area contributed by atoms with Crippen molar-refractivity contribution in [1.29, 1.82) is 5.26 Å². The molecule has 2 aromatic carbocycles. The minimum Gasteiger partial charge on any atom is -0.484 e. The molecule has 0 atom stereocenters. The fourth-order valence-electron chi connectivity index (χ4n) is 2.54. The third kappa shape index (κ3) is 4.36. The summed E-state index contributed by atoms with van der Waals surface area (Å²) in [5.41, 5.74) is 4.48. The maximum atomic E-state index is 12.2. The molecule has 3 aromatic rings. The predicted octanol–water partition coefficient (Wildman–Crippen LogP) is 4.76. The number of carbonyl (C=O) groups is 1. The standard InChI is InChI=1S/C22H20N2O3/c1-14-4-7-17(8-5-14)20-11-18(12-23)22(27-20)24-21(25)13-26-19-9-6-15(2)16(3)10-19/h4-11H,13H2,1-3H3,(H,24,25). The van der Waals surface area contributed by atoms with Crippen LogP contribution >= 0.6 is 0 Å². The molecule has 0 radical (unpaired) electrons. The third-order valence-electron chi connectivity index (χ3n) is 4.29. The van der Waals surface area contributed by atoms with Gasteiger partial charge in [0.05, 0.1) is 0 Å². The van der Waals surface area contributed by atoms with Crippen LogP contribution in [0.2, 0.25) is 0 Å². The third-order valence-corrected chi connectivity index (χ3v) is 4.29. The first-order valence-corrected chi connectivity index (χ1v) is 8.57. The zero-order chi connectivity index (χ0) is 19.4. The van der Waals surface area contributed by atoms with Crippen LogP contribution in [-0.2, 0) is 4.79 Å². The molecule has 0 unspecified atom stereocenters. The van der Waals surface area contributed by atoms with E-state index in [9.17, 15) is 10.1 Å². The summed E-state index contributed by atoms with van der Waals surface area (Å²) in [5.74, 6) is 0.877. The van der Waals surface area contributed by atoms with Gasteiger partial charge in [0.15, 0.2) is 6.61 Å². The highest BCUT2D eigenvalue weighted by molar-refractivity contribution is 5.92. The summed E-state index contributed by atoms with van der Waals surface area (Å²) < 4.78 is 11.2. The van der Waals surface area contributed by atoms with Crippen molar-refractivity contribution >= 4 is 11.8 Å². The van der Waals surface area contributed by atoms with Crippen LogP contribution in [0.15, 0.2) is 52.9 Å². The average Bonchev–Trinajstić information content (AvgIpc) is 3.06. The molecule has 0 aliphatic rings. The lowest BCUT2D eigenvalue weighted by atomic mass is 10.1. The second-order valence-corrected chi connectivity index (χ2v) is 6.41. The van der Waals surface area contributed by atoms with Crippen LogP contribution in [0.1, 0.15) is 22.3 Å². The van der Waals surface area contributed by atoms with Crippen LogP contribution in [0.25, 0.3) is 11.3 Å². The van der Waals surface area contributed by atoms with Gasteiger partial charge in [-0.3, -0.25) is 10.1 Å². The fourth-order valence-corrected chi connectivity index (χ4v) is 2.54. The van der Waals surface area contributed by atoms with Crippen molar-refractivity contribution in [3.8, 4) is 23.1 Å². The van der Waals surface area contributed by atoms with Gasteiger partial charge in [0, 0.05) is 11.6 Å². The SMILES string of the molecule is Cc1ccc(-c2cc(C#N)c(NC(=O)COc3ccc(C)c(C)c3)o2)cc1. The Morgan fingerprint density at radius 2 is 1.81 bits per heavy atom. The number of nitrogens with zero attached hydrogens (tertiary/aromatic N) is 1. The number of hydrogen-bond acceptors (Lipinski definition) is 4. The Labute approximate surface area is 158 Å². The van der Waals surface area contributed by atoms with E-state index < -0.39 is 5.91 Å². The second-order valence-electron chi connectivity index (χ2n) is 6.41. The molecule has 1 heterocycles. The molecule has 0 aliphatic heterocycles. The van der Waals surface area contributed by atoms with Gasteiger partial charge in [-0.15, -0.1) is 0 Å². The Morgan fingerprint density at radius 1 is 1.07 bits per heavy atom. The van der Waals surface area contributed by atoms with E-state index in [0.29, 0.717) is 11.5 Å². The highest BCUT2D eigenvalue weighted by Crippen LogP contribution is 2.29. The molecule has 5 nitrogen and oxygen atoms in total. The highest BCUT2D eigenvalue weighted by Gasteiger charge is 2.15. The van der Waals surface area contributed by atoms with E-state index in [1.807, 2.05) is 69.3 Å². The summed E-state index contributed by atoms with van der Waals surface area (Å²) in [6.07, 6.45) is 0. The number of anilines is 1. The molecular formula is C22H20N2O3. The van der Waals surface area contributed by atoms with Crippen molar-refractivity contribution in [1.82, 2.24) is 0 Å². The lowest BCUT2D eigenvalue weighted by Gasteiger charge is -2.08. The molecule has 3 rings (SSSR count). The maximum absolute atomic E-state index is 12.2. The molecule has 5 heteroatoms. The molecule has 1 aromatic heterocycles. The quantitative estimate of drug-likeness (QED) is 0.712. The maximum Gasteiger partial charge on any atom is 0.264 e. The number of ether oxygens (including phenoxy) is 1. The van der Waals surface area contributed by atoms with Gasteiger partial charge in [-0.05, 0) is 44.0 Å². The van der Waals surface area contributed by atoms with Crippen molar-refractivity contribution < 1.29 is 13.9 Å². The van der Waals surface area contributed by atoms with Gasteiger partial charge < -0.3 is 9.15 Å². The molecule has 0 saturated carbocycles. The van der Waals surface area contributed by atoms with Gasteiger partial charge in [0.1, 0.15) is 23.1 Å². The molecule has 136 valence electrons. The van der Waals surface area contributed by atoms with Crippen LogP contribution < -0.4 is 10.1 Å². The Kier molecular flexibility index (Phi) is 5.28. The number of hydrogen-bond donors (Lipinski definition) is 1. The smallest absolute Gasteiger partial charge is 0.264 e. The summed E-state index contributed by atoms with van der Waals surface area (Å²) in [6, 6.07) is 17.0. The number of carbonyl (C=O) groups excluding carboxylic acids is 1. The Balaban J connectivity index is 1.69. The Hall–Kier alpha value is -3.52. The van der Waals surface area contributed by atoms with Gasteiger partial charge in [0.25, 0.3) is 5.91 Å². The van der Waals surface area contributed by atoms with E-state index in [4.69, 9.17) is 9.15 Å². The Bertz CT molecular complexity index is 1010. The largest absolute Gasteiger partial charge is 0.484 e. The topological polar surface area (TPSA) is 75.3 Å². The lowest BCUT2D eigenvalue weighted by Crippen LogP contribution is -2.20. The molecule has 0 bridgehead atoms. The van der Waals surface area contributed by atoms with E-state index >= 15 is 0 Å². The summed E-state index contributed by atoms with van der Waals surface area (Å²) in [5, 5.41) is 11.9. The predicted molar refractivity (Wildman–Crippen MR) is 104 cm³/mol. The number of furan rings is 1. The molecular weight excluding hydrogens is 340 g/mol. The number of nitrogens with one attached hydrogen (secondary N) is 1. The van der Waals surface area contributed by atoms with Crippen molar-refractivity contribution in [2.24, 2.45) is 0 Å². The monoisotopic (exact) mass is 360 g/mol. The zero-order valence-electron chi connectivity index (χ0n) is 15.5. The zero-order valence-corrected chi connectivity index (χ0v) is 15.5. The van der Waals surface area contributed by atoms with Crippen molar-refractivity contribution in [2.45, 2.75) is 20.8 Å². The first kappa shape index (κ1) is 18.3. The molecule has 0 spiro atoms. The molecule has 27 heavy (non-hydrogen) atoms. The summed E-state index contributed by atoms with van der Waals surface area (Å²) >= 11 is 0. The Morgan fingerprint density at radius 3 is 2.48 bits per heavy atom. The van der Waals surface area contributed by atoms with Crippen LogP contribution in [0.5, 0.6) is 5.75 Å². The van der Waals surface area contributed by atoms with Crippen molar-refractivity contribution in [3.63, 3.8) is 0 Å². The van der Waals surface area contributed by atoms with E-state index in [1.165, 1.54) is 0 Å². The molecule has 0 aliphatic carbocycles. The van der Waals surface area contributed by atoms with E-state index in [1.54, 1.807) is 6.07 Å².